The van der Waals surface area contributed by atoms with Crippen molar-refractivity contribution in [3.8, 4) is 0 Å². The van der Waals surface area contributed by atoms with Crippen molar-refractivity contribution in [2.24, 2.45) is 0 Å². The summed E-state index contributed by atoms with van der Waals surface area (Å²) in [6, 6.07) is 3.49. The smallest absolute Gasteiger partial charge is 0.243 e. The van der Waals surface area contributed by atoms with Gasteiger partial charge < -0.3 is 15.4 Å². The molecule has 0 heterocycles. The third kappa shape index (κ3) is 5.04. The van der Waals surface area contributed by atoms with Crippen LogP contribution in [0.5, 0.6) is 0 Å². The van der Waals surface area contributed by atoms with E-state index in [0.717, 1.165) is 12.1 Å². The second-order valence-corrected chi connectivity index (χ2v) is 6.12. The van der Waals surface area contributed by atoms with Crippen LogP contribution in [0.3, 0.4) is 0 Å². The number of nitrogens with two attached hydrogens (primary N) is 1. The van der Waals surface area contributed by atoms with Gasteiger partial charge >= 0.3 is 0 Å². The quantitative estimate of drug-likeness (QED) is 0.673. The zero-order valence-electron chi connectivity index (χ0n) is 11.6. The molecule has 0 amide bonds. The molecule has 1 rings (SSSR count). The van der Waals surface area contributed by atoms with E-state index in [-0.39, 0.29) is 12.2 Å². The molecular weight excluding hydrogens is 285 g/mol. The fourth-order valence-electron chi connectivity index (χ4n) is 1.54. The standard InChI is InChI=1S/C12H20FN3O3S/c1-16(7-8-19-2)6-5-15-20(17,18)12-4-3-10(14)9-11(12)13/h3-4,9,15H,5-8,14H2,1-2H3. The second kappa shape index (κ2) is 7.53. The first-order valence-electron chi connectivity index (χ1n) is 6.09. The molecule has 1 aromatic carbocycles. The molecule has 0 saturated carbocycles. The first-order valence-corrected chi connectivity index (χ1v) is 7.57. The van der Waals surface area contributed by atoms with E-state index in [2.05, 4.69) is 4.72 Å². The van der Waals surface area contributed by atoms with Gasteiger partial charge in [0.1, 0.15) is 10.7 Å². The average molecular weight is 305 g/mol. The number of hydrogen-bond donors (Lipinski definition) is 2. The Morgan fingerprint density at radius 2 is 2.10 bits per heavy atom. The minimum absolute atomic E-state index is 0.181. The maximum Gasteiger partial charge on any atom is 0.243 e. The number of nitrogens with zero attached hydrogens (tertiary/aromatic N) is 1. The molecule has 1 aromatic rings. The monoisotopic (exact) mass is 305 g/mol. The Hall–Kier alpha value is -1.22. The van der Waals surface area contributed by atoms with Crippen LogP contribution in [0.1, 0.15) is 0 Å². The van der Waals surface area contributed by atoms with E-state index in [9.17, 15) is 12.8 Å². The van der Waals surface area contributed by atoms with Crippen molar-refractivity contribution in [2.45, 2.75) is 4.90 Å². The van der Waals surface area contributed by atoms with Gasteiger partial charge in [0.05, 0.1) is 6.61 Å². The third-order valence-corrected chi connectivity index (χ3v) is 4.20. The molecular formula is C12H20FN3O3S. The number of anilines is 1. The Kier molecular flexibility index (Phi) is 6.34. The SMILES string of the molecule is COCCN(C)CCNS(=O)(=O)c1ccc(N)cc1F. The van der Waals surface area contributed by atoms with Crippen LogP contribution in [-0.2, 0) is 14.8 Å². The molecule has 0 saturated heterocycles. The first-order chi connectivity index (χ1) is 9.36. The van der Waals surface area contributed by atoms with Gasteiger partial charge in [-0.25, -0.2) is 17.5 Å². The zero-order chi connectivity index (χ0) is 15.2. The van der Waals surface area contributed by atoms with Gasteiger partial charge in [0.15, 0.2) is 0 Å². The van der Waals surface area contributed by atoms with E-state index >= 15 is 0 Å². The Morgan fingerprint density at radius 1 is 1.40 bits per heavy atom. The van der Waals surface area contributed by atoms with Crippen LogP contribution in [-0.4, -0.2) is 53.7 Å². The van der Waals surface area contributed by atoms with E-state index in [1.54, 1.807) is 7.11 Å². The fraction of sp³-hybridized carbons (Fsp3) is 0.500. The second-order valence-electron chi connectivity index (χ2n) is 4.38. The van der Waals surface area contributed by atoms with Crippen LogP contribution in [0.4, 0.5) is 10.1 Å². The minimum atomic E-state index is -3.86. The molecule has 3 N–H and O–H groups in total. The van der Waals surface area contributed by atoms with Crippen molar-refractivity contribution in [1.82, 2.24) is 9.62 Å². The predicted molar refractivity (Wildman–Crippen MR) is 75.4 cm³/mol. The summed E-state index contributed by atoms with van der Waals surface area (Å²) in [5.41, 5.74) is 5.56. The van der Waals surface area contributed by atoms with Gasteiger partial charge in [0.2, 0.25) is 10.0 Å². The van der Waals surface area contributed by atoms with E-state index in [0.29, 0.717) is 19.7 Å². The number of nitrogen functional groups attached to an aromatic ring is 1. The summed E-state index contributed by atoms with van der Waals surface area (Å²) < 4.78 is 44.7. The summed E-state index contributed by atoms with van der Waals surface area (Å²) in [5.74, 6) is -0.856. The number of hydrogen-bond acceptors (Lipinski definition) is 5. The number of sulfonamides is 1. The Balaban J connectivity index is 2.58. The van der Waals surface area contributed by atoms with E-state index in [1.807, 2.05) is 11.9 Å². The first kappa shape index (κ1) is 16.8. The summed E-state index contributed by atoms with van der Waals surface area (Å²) in [6.07, 6.45) is 0. The topological polar surface area (TPSA) is 84.7 Å². The molecule has 0 aromatic heterocycles. The van der Waals surface area contributed by atoms with Gasteiger partial charge in [-0.3, -0.25) is 0 Å². The number of likely N-dealkylation sites (N-methyl/N-ethyl adjacent to an activating group) is 1. The average Bonchev–Trinajstić information content (AvgIpc) is 2.35. The highest BCUT2D eigenvalue weighted by Gasteiger charge is 2.18. The van der Waals surface area contributed by atoms with Crippen LogP contribution in [0.2, 0.25) is 0 Å². The lowest BCUT2D eigenvalue weighted by Gasteiger charge is -2.16. The number of nitrogens with one attached hydrogen (secondary N) is 1. The van der Waals surface area contributed by atoms with Gasteiger partial charge in [-0.05, 0) is 25.2 Å². The molecule has 0 radical (unpaired) electrons. The van der Waals surface area contributed by atoms with Gasteiger partial charge in [-0.1, -0.05) is 0 Å². The number of methoxy groups -OCH3 is 1. The molecule has 0 spiro atoms. The van der Waals surface area contributed by atoms with Crippen LogP contribution < -0.4 is 10.5 Å². The highest BCUT2D eigenvalue weighted by Crippen LogP contribution is 2.16. The number of halogens is 1. The zero-order valence-corrected chi connectivity index (χ0v) is 12.4. The van der Waals surface area contributed by atoms with Gasteiger partial charge in [-0.2, -0.15) is 0 Å². The van der Waals surface area contributed by atoms with E-state index in [1.165, 1.54) is 6.07 Å². The van der Waals surface area contributed by atoms with Crippen molar-refractivity contribution in [3.63, 3.8) is 0 Å². The largest absolute Gasteiger partial charge is 0.399 e. The number of rotatable bonds is 8. The molecule has 6 nitrogen and oxygen atoms in total. The van der Waals surface area contributed by atoms with Crippen LogP contribution in [0.25, 0.3) is 0 Å². The van der Waals surface area contributed by atoms with Crippen molar-refractivity contribution in [2.75, 3.05) is 46.1 Å². The summed E-state index contributed by atoms with van der Waals surface area (Å²) in [5, 5.41) is 0. The molecule has 114 valence electrons. The molecule has 0 aliphatic rings. The van der Waals surface area contributed by atoms with Crippen molar-refractivity contribution < 1.29 is 17.5 Å². The Bertz CT molecular complexity index is 537. The van der Waals surface area contributed by atoms with Gasteiger partial charge in [-0.15, -0.1) is 0 Å². The lowest BCUT2D eigenvalue weighted by Crippen LogP contribution is -2.34. The number of benzene rings is 1. The highest BCUT2D eigenvalue weighted by atomic mass is 32.2. The van der Waals surface area contributed by atoms with Crippen LogP contribution in [0, 0.1) is 5.82 Å². The maximum atomic E-state index is 13.6. The Morgan fingerprint density at radius 3 is 2.70 bits per heavy atom. The molecule has 8 heteroatoms. The number of ether oxygens (including phenoxy) is 1. The molecule has 0 aliphatic heterocycles. The van der Waals surface area contributed by atoms with Crippen LogP contribution >= 0.6 is 0 Å². The van der Waals surface area contributed by atoms with E-state index in [4.69, 9.17) is 10.5 Å². The fourth-order valence-corrected chi connectivity index (χ4v) is 2.62. The molecule has 20 heavy (non-hydrogen) atoms. The molecule has 0 unspecified atom stereocenters. The van der Waals surface area contributed by atoms with Crippen molar-refractivity contribution >= 4 is 15.7 Å². The molecule has 0 fully saturated rings. The summed E-state index contributed by atoms with van der Waals surface area (Å²) in [6.45, 7) is 1.94. The van der Waals surface area contributed by atoms with Gasteiger partial charge in [0.25, 0.3) is 0 Å². The summed E-state index contributed by atoms with van der Waals surface area (Å²) in [7, 11) is -0.420. The highest BCUT2D eigenvalue weighted by molar-refractivity contribution is 7.89. The molecule has 0 bridgehead atoms. The lowest BCUT2D eigenvalue weighted by molar-refractivity contribution is 0.162. The normalized spacial score (nSPS) is 12.0. The summed E-state index contributed by atoms with van der Waals surface area (Å²) in [4.78, 5) is 1.51. The Labute approximate surface area is 118 Å². The molecule has 0 atom stereocenters. The maximum absolute atomic E-state index is 13.6. The minimum Gasteiger partial charge on any atom is -0.399 e. The summed E-state index contributed by atoms with van der Waals surface area (Å²) >= 11 is 0. The molecule has 0 aliphatic carbocycles. The third-order valence-electron chi connectivity index (χ3n) is 2.71. The van der Waals surface area contributed by atoms with Crippen molar-refractivity contribution in [1.29, 1.82) is 0 Å². The lowest BCUT2D eigenvalue weighted by atomic mass is 10.3. The van der Waals surface area contributed by atoms with E-state index < -0.39 is 20.7 Å². The predicted octanol–water partition coefficient (Wildman–Crippen LogP) is 0.264. The van der Waals surface area contributed by atoms with Crippen molar-refractivity contribution in [3.05, 3.63) is 24.0 Å². The van der Waals surface area contributed by atoms with Gasteiger partial charge in [0, 0.05) is 32.4 Å². The van der Waals surface area contributed by atoms with Crippen LogP contribution in [0.15, 0.2) is 23.1 Å².